The summed E-state index contributed by atoms with van der Waals surface area (Å²) in [6.45, 7) is 1.50. The maximum absolute atomic E-state index is 13.2. The number of anilines is 3. The van der Waals surface area contributed by atoms with Crippen molar-refractivity contribution in [3.8, 4) is 12.3 Å². The van der Waals surface area contributed by atoms with Crippen LogP contribution in [0.2, 0.25) is 0 Å². The summed E-state index contributed by atoms with van der Waals surface area (Å²) in [7, 11) is 0. The largest absolute Gasteiger partial charge is 0.353 e. The Morgan fingerprint density at radius 1 is 0.939 bits per heavy atom. The Morgan fingerprint density at radius 3 is 2.45 bits per heavy atom. The van der Waals surface area contributed by atoms with E-state index in [1.165, 1.54) is 5.56 Å². The first kappa shape index (κ1) is 20.8. The first-order chi connectivity index (χ1) is 16.1. The Morgan fingerprint density at radius 2 is 1.70 bits per heavy atom. The molecule has 0 saturated carbocycles. The van der Waals surface area contributed by atoms with Crippen molar-refractivity contribution in [1.29, 1.82) is 0 Å². The number of hydrogen-bond donors (Lipinski definition) is 2. The van der Waals surface area contributed by atoms with Gasteiger partial charge in [-0.1, -0.05) is 36.3 Å². The molecule has 0 aromatic heterocycles. The highest BCUT2D eigenvalue weighted by Gasteiger charge is 2.25. The maximum Gasteiger partial charge on any atom is 0.257 e. The van der Waals surface area contributed by atoms with Crippen LogP contribution < -0.4 is 10.6 Å². The third-order valence-electron chi connectivity index (χ3n) is 6.48. The Labute approximate surface area is 193 Å². The Bertz CT molecular complexity index is 1250. The maximum atomic E-state index is 13.2. The lowest BCUT2D eigenvalue weighted by molar-refractivity contribution is 0.0690. The minimum atomic E-state index is -0.250. The number of terminal acetylenes is 1. The van der Waals surface area contributed by atoms with Crippen LogP contribution in [0.15, 0.2) is 66.7 Å². The van der Waals surface area contributed by atoms with Crippen LogP contribution in [0.25, 0.3) is 0 Å². The average molecular weight is 436 g/mol. The highest BCUT2D eigenvalue weighted by atomic mass is 16.2. The zero-order valence-corrected chi connectivity index (χ0v) is 18.3. The van der Waals surface area contributed by atoms with Gasteiger partial charge in [-0.05, 0) is 67.1 Å². The molecule has 2 heterocycles. The van der Waals surface area contributed by atoms with Crippen LogP contribution in [-0.4, -0.2) is 29.8 Å². The topological polar surface area (TPSA) is 61.4 Å². The first-order valence-electron chi connectivity index (χ1n) is 11.3. The van der Waals surface area contributed by atoms with E-state index < -0.39 is 0 Å². The summed E-state index contributed by atoms with van der Waals surface area (Å²) < 4.78 is 0. The van der Waals surface area contributed by atoms with Crippen molar-refractivity contribution in [2.24, 2.45) is 5.92 Å². The molecule has 1 fully saturated rings. The van der Waals surface area contributed by atoms with Crippen LogP contribution in [0, 0.1) is 18.3 Å². The monoisotopic (exact) mass is 435 g/mol. The standard InChI is InChI=1S/C28H25N3O2/c1-2-19-8-10-24-23(17-19)27(32)30-26-18-22(9-11-25(26)29-24)28(33)31-14-12-21(13-15-31)16-20-6-4-3-5-7-20/h1,3-11,17-18,21,29H,12-16H2,(H,30,32). The lowest BCUT2D eigenvalue weighted by Crippen LogP contribution is -2.38. The SMILES string of the molecule is C#Cc1ccc2c(c1)C(=O)Nc1cc(C(=O)N3CCC(Cc4ccccc4)CC3)ccc1N2. The molecule has 164 valence electrons. The Hall–Kier alpha value is -4.04. The van der Waals surface area contributed by atoms with Gasteiger partial charge in [-0.25, -0.2) is 0 Å². The molecular formula is C28H25N3O2. The van der Waals surface area contributed by atoms with Gasteiger partial charge in [0.15, 0.2) is 0 Å². The molecule has 0 spiro atoms. The summed E-state index contributed by atoms with van der Waals surface area (Å²) in [5.41, 5.74) is 5.07. The number of likely N-dealkylation sites (tertiary alicyclic amines) is 1. The summed E-state index contributed by atoms with van der Waals surface area (Å²) >= 11 is 0. The van der Waals surface area contributed by atoms with Crippen molar-refractivity contribution in [2.45, 2.75) is 19.3 Å². The molecule has 5 rings (SSSR count). The van der Waals surface area contributed by atoms with Crippen molar-refractivity contribution >= 4 is 28.9 Å². The van der Waals surface area contributed by atoms with E-state index in [1.54, 1.807) is 24.3 Å². The predicted molar refractivity (Wildman–Crippen MR) is 131 cm³/mol. The number of hydrogen-bond acceptors (Lipinski definition) is 3. The van der Waals surface area contributed by atoms with Crippen molar-refractivity contribution in [1.82, 2.24) is 4.90 Å². The molecule has 2 N–H and O–H groups in total. The van der Waals surface area contributed by atoms with Gasteiger partial charge < -0.3 is 15.5 Å². The van der Waals surface area contributed by atoms with Crippen LogP contribution >= 0.6 is 0 Å². The van der Waals surface area contributed by atoms with E-state index in [0.29, 0.717) is 34.0 Å². The Kier molecular flexibility index (Phi) is 5.58. The van der Waals surface area contributed by atoms with Crippen molar-refractivity contribution in [3.05, 3.63) is 89.0 Å². The molecule has 5 heteroatoms. The van der Waals surface area contributed by atoms with E-state index in [4.69, 9.17) is 6.42 Å². The van der Waals surface area contributed by atoms with Gasteiger partial charge in [-0.3, -0.25) is 9.59 Å². The molecule has 0 radical (unpaired) electrons. The highest BCUT2D eigenvalue weighted by Crippen LogP contribution is 2.33. The van der Waals surface area contributed by atoms with Gasteiger partial charge in [-0.15, -0.1) is 6.42 Å². The van der Waals surface area contributed by atoms with Crippen molar-refractivity contribution < 1.29 is 9.59 Å². The molecule has 3 aromatic rings. The summed E-state index contributed by atoms with van der Waals surface area (Å²) in [4.78, 5) is 27.9. The molecule has 0 bridgehead atoms. The number of benzene rings is 3. The van der Waals surface area contributed by atoms with E-state index in [-0.39, 0.29) is 11.8 Å². The van der Waals surface area contributed by atoms with Crippen LogP contribution in [0.1, 0.15) is 44.7 Å². The number of rotatable bonds is 3. The lowest BCUT2D eigenvalue weighted by Gasteiger charge is -2.32. The van der Waals surface area contributed by atoms with Gasteiger partial charge in [0.1, 0.15) is 0 Å². The fraction of sp³-hybridized carbons (Fsp3) is 0.214. The molecule has 2 amide bonds. The first-order valence-corrected chi connectivity index (χ1v) is 11.3. The zero-order chi connectivity index (χ0) is 22.8. The molecule has 0 atom stereocenters. The summed E-state index contributed by atoms with van der Waals surface area (Å²) in [6.07, 6.45) is 8.53. The van der Waals surface area contributed by atoms with Gasteiger partial charge in [0.2, 0.25) is 0 Å². The number of nitrogens with one attached hydrogen (secondary N) is 2. The summed E-state index contributed by atoms with van der Waals surface area (Å²) in [5, 5.41) is 6.20. The molecule has 33 heavy (non-hydrogen) atoms. The third kappa shape index (κ3) is 4.33. The second-order valence-corrected chi connectivity index (χ2v) is 8.67. The van der Waals surface area contributed by atoms with Gasteiger partial charge in [0.05, 0.1) is 22.6 Å². The number of amides is 2. The Balaban J connectivity index is 1.28. The molecule has 3 aromatic carbocycles. The van der Waals surface area contributed by atoms with E-state index in [9.17, 15) is 9.59 Å². The zero-order valence-electron chi connectivity index (χ0n) is 18.3. The normalized spacial score (nSPS) is 15.4. The molecule has 2 aliphatic rings. The second kappa shape index (κ2) is 8.84. The van der Waals surface area contributed by atoms with Crippen LogP contribution in [-0.2, 0) is 6.42 Å². The van der Waals surface area contributed by atoms with Crippen molar-refractivity contribution in [3.63, 3.8) is 0 Å². The minimum Gasteiger partial charge on any atom is -0.353 e. The number of piperidine rings is 1. The fourth-order valence-corrected chi connectivity index (χ4v) is 4.63. The third-order valence-corrected chi connectivity index (χ3v) is 6.48. The van der Waals surface area contributed by atoms with Gasteiger partial charge in [0, 0.05) is 24.2 Å². The van der Waals surface area contributed by atoms with E-state index in [1.807, 2.05) is 23.1 Å². The summed E-state index contributed by atoms with van der Waals surface area (Å²) in [6, 6.07) is 21.2. The van der Waals surface area contributed by atoms with E-state index >= 15 is 0 Å². The van der Waals surface area contributed by atoms with Crippen LogP contribution in [0.5, 0.6) is 0 Å². The summed E-state index contributed by atoms with van der Waals surface area (Å²) in [5.74, 6) is 2.91. The number of carbonyl (C=O) groups is 2. The van der Waals surface area contributed by atoms with E-state index in [2.05, 4.69) is 40.8 Å². The molecule has 0 aliphatic carbocycles. The smallest absolute Gasteiger partial charge is 0.257 e. The molecule has 5 nitrogen and oxygen atoms in total. The number of carbonyl (C=O) groups excluding carboxylic acids is 2. The van der Waals surface area contributed by atoms with E-state index in [0.717, 1.165) is 38.0 Å². The van der Waals surface area contributed by atoms with Crippen LogP contribution in [0.3, 0.4) is 0 Å². The number of fused-ring (bicyclic) bond motifs is 2. The fourth-order valence-electron chi connectivity index (χ4n) is 4.63. The van der Waals surface area contributed by atoms with Gasteiger partial charge >= 0.3 is 0 Å². The number of nitrogens with zero attached hydrogens (tertiary/aromatic N) is 1. The van der Waals surface area contributed by atoms with Gasteiger partial charge in [0.25, 0.3) is 11.8 Å². The van der Waals surface area contributed by atoms with Crippen molar-refractivity contribution in [2.75, 3.05) is 23.7 Å². The minimum absolute atomic E-state index is 0.00147. The second-order valence-electron chi connectivity index (χ2n) is 8.67. The quantitative estimate of drug-likeness (QED) is 0.565. The molecule has 1 saturated heterocycles. The lowest BCUT2D eigenvalue weighted by atomic mass is 9.90. The van der Waals surface area contributed by atoms with Gasteiger partial charge in [-0.2, -0.15) is 0 Å². The molecule has 2 aliphatic heterocycles. The average Bonchev–Trinajstić information content (AvgIpc) is 2.99. The highest BCUT2D eigenvalue weighted by molar-refractivity contribution is 6.13. The molecular weight excluding hydrogens is 410 g/mol. The molecule has 0 unspecified atom stereocenters. The predicted octanol–water partition coefficient (Wildman–Crippen LogP) is 5.07. The van der Waals surface area contributed by atoms with Crippen LogP contribution in [0.4, 0.5) is 17.1 Å².